The number of nitrogens with zero attached hydrogens (tertiary/aromatic N) is 1. The van der Waals surface area contributed by atoms with Gasteiger partial charge in [-0.3, -0.25) is 4.99 Å². The molecular formula is C8H20N2. The van der Waals surface area contributed by atoms with Gasteiger partial charge in [0.15, 0.2) is 0 Å². The predicted molar refractivity (Wildman–Crippen MR) is 48.6 cm³/mol. The van der Waals surface area contributed by atoms with E-state index in [4.69, 9.17) is 0 Å². The first-order chi connectivity index (χ1) is 4.52. The maximum atomic E-state index is 4.32. The lowest BCUT2D eigenvalue weighted by atomic mass is 10.4. The number of amidine groups is 1. The van der Waals surface area contributed by atoms with E-state index in [1.54, 1.807) is 0 Å². The maximum Gasteiger partial charge on any atom is 0.0936 e. The maximum absolute atomic E-state index is 4.32. The van der Waals surface area contributed by atoms with Gasteiger partial charge in [0.1, 0.15) is 0 Å². The van der Waals surface area contributed by atoms with Crippen molar-refractivity contribution in [1.82, 2.24) is 5.32 Å². The molecule has 0 amide bonds. The SMILES string of the molecule is CC(=NC(C)C)NC(C)C.[HH]. The number of aliphatic imine (C=N–C) groups is 1. The number of hydrogen-bond donors (Lipinski definition) is 1. The predicted octanol–water partition coefficient (Wildman–Crippen LogP) is 2.06. The van der Waals surface area contributed by atoms with E-state index in [1.807, 2.05) is 6.92 Å². The highest BCUT2D eigenvalue weighted by Crippen LogP contribution is 1.87. The third-order valence-electron chi connectivity index (χ3n) is 0.949. The highest BCUT2D eigenvalue weighted by atomic mass is 15.0. The van der Waals surface area contributed by atoms with Crippen molar-refractivity contribution >= 4 is 5.84 Å². The molecule has 0 aromatic carbocycles. The fourth-order valence-electron chi connectivity index (χ4n) is 0.842. The third-order valence-corrected chi connectivity index (χ3v) is 0.949. The first-order valence-electron chi connectivity index (χ1n) is 3.83. The molecule has 0 bridgehead atoms. The van der Waals surface area contributed by atoms with E-state index in [0.29, 0.717) is 12.1 Å². The van der Waals surface area contributed by atoms with Crippen molar-refractivity contribution in [2.24, 2.45) is 4.99 Å². The van der Waals surface area contributed by atoms with E-state index in [-0.39, 0.29) is 1.43 Å². The molecule has 0 atom stereocenters. The lowest BCUT2D eigenvalue weighted by molar-refractivity contribution is 0.716. The molecule has 1 N–H and O–H groups in total. The summed E-state index contributed by atoms with van der Waals surface area (Å²) in [5.74, 6) is 1.03. The molecule has 0 saturated heterocycles. The molecule has 0 aromatic heterocycles. The molecule has 0 aromatic rings. The Hall–Kier alpha value is -0.530. The monoisotopic (exact) mass is 144 g/mol. The van der Waals surface area contributed by atoms with Crippen molar-refractivity contribution in [3.8, 4) is 0 Å². The van der Waals surface area contributed by atoms with Gasteiger partial charge in [-0.1, -0.05) is 0 Å². The van der Waals surface area contributed by atoms with Gasteiger partial charge in [0.25, 0.3) is 0 Å². The first kappa shape index (κ1) is 9.47. The van der Waals surface area contributed by atoms with Crippen molar-refractivity contribution in [2.75, 3.05) is 0 Å². The molecule has 2 nitrogen and oxygen atoms in total. The Morgan fingerprint density at radius 1 is 1.30 bits per heavy atom. The van der Waals surface area contributed by atoms with Crippen molar-refractivity contribution in [3.63, 3.8) is 0 Å². The van der Waals surface area contributed by atoms with Crippen LogP contribution in [-0.2, 0) is 0 Å². The smallest absolute Gasteiger partial charge is 0.0936 e. The van der Waals surface area contributed by atoms with Crippen LogP contribution in [-0.4, -0.2) is 17.9 Å². The van der Waals surface area contributed by atoms with Gasteiger partial charge in [-0.25, -0.2) is 0 Å². The Kier molecular flexibility index (Phi) is 4.08. The van der Waals surface area contributed by atoms with Crippen LogP contribution in [0.1, 0.15) is 36.0 Å². The second kappa shape index (κ2) is 4.31. The summed E-state index contributed by atoms with van der Waals surface area (Å²) < 4.78 is 0. The zero-order chi connectivity index (χ0) is 8.15. The summed E-state index contributed by atoms with van der Waals surface area (Å²) >= 11 is 0. The summed E-state index contributed by atoms with van der Waals surface area (Å²) in [5, 5.41) is 3.22. The number of hydrogen-bond acceptors (Lipinski definition) is 1. The van der Waals surface area contributed by atoms with Crippen LogP contribution in [0.4, 0.5) is 0 Å². The lowest BCUT2D eigenvalue weighted by Gasteiger charge is -2.09. The second-order valence-corrected chi connectivity index (χ2v) is 3.11. The summed E-state index contributed by atoms with van der Waals surface area (Å²) in [7, 11) is 0. The van der Waals surface area contributed by atoms with Crippen LogP contribution in [0, 0.1) is 0 Å². The van der Waals surface area contributed by atoms with Crippen LogP contribution in [0.25, 0.3) is 0 Å². The van der Waals surface area contributed by atoms with Crippen LogP contribution >= 0.6 is 0 Å². The number of nitrogens with one attached hydrogen (secondary N) is 1. The third kappa shape index (κ3) is 5.60. The fourth-order valence-corrected chi connectivity index (χ4v) is 0.842. The van der Waals surface area contributed by atoms with E-state index in [9.17, 15) is 0 Å². The second-order valence-electron chi connectivity index (χ2n) is 3.11. The standard InChI is InChI=1S/C8H18N2.H2/c1-6(2)9-8(5)10-7(3)4;/h6-7H,1-5H3,(H,9,10);1H. The van der Waals surface area contributed by atoms with Crippen molar-refractivity contribution < 1.29 is 1.43 Å². The van der Waals surface area contributed by atoms with Gasteiger partial charge in [-0.2, -0.15) is 0 Å². The van der Waals surface area contributed by atoms with Gasteiger partial charge in [-0.05, 0) is 34.6 Å². The fraction of sp³-hybridized carbons (Fsp3) is 0.875. The topological polar surface area (TPSA) is 24.4 Å². The van der Waals surface area contributed by atoms with Crippen LogP contribution in [0.5, 0.6) is 0 Å². The highest BCUT2D eigenvalue weighted by Gasteiger charge is 1.94. The first-order valence-corrected chi connectivity index (χ1v) is 3.83. The summed E-state index contributed by atoms with van der Waals surface area (Å²) in [5.41, 5.74) is 0. The summed E-state index contributed by atoms with van der Waals surface area (Å²) in [6.07, 6.45) is 0. The Bertz CT molecular complexity index is 119. The zero-order valence-corrected chi connectivity index (χ0v) is 7.60. The Morgan fingerprint density at radius 3 is 2.10 bits per heavy atom. The molecule has 0 aliphatic carbocycles. The van der Waals surface area contributed by atoms with Gasteiger partial charge in [-0.15, -0.1) is 0 Å². The van der Waals surface area contributed by atoms with Crippen molar-refractivity contribution in [1.29, 1.82) is 0 Å². The van der Waals surface area contributed by atoms with Gasteiger partial charge in [0.05, 0.1) is 5.84 Å². The molecule has 0 radical (unpaired) electrons. The number of rotatable bonds is 2. The summed E-state index contributed by atoms with van der Waals surface area (Å²) in [6.45, 7) is 10.4. The minimum atomic E-state index is 0. The van der Waals surface area contributed by atoms with E-state index in [2.05, 4.69) is 38.0 Å². The van der Waals surface area contributed by atoms with E-state index >= 15 is 0 Å². The average molecular weight is 144 g/mol. The van der Waals surface area contributed by atoms with Crippen LogP contribution in [0.15, 0.2) is 4.99 Å². The Balaban J connectivity index is 0. The molecule has 62 valence electrons. The molecular weight excluding hydrogens is 124 g/mol. The summed E-state index contributed by atoms with van der Waals surface area (Å²) in [4.78, 5) is 4.32. The minimum absolute atomic E-state index is 0. The largest absolute Gasteiger partial charge is 0.372 e. The summed E-state index contributed by atoms with van der Waals surface area (Å²) in [6, 6.07) is 0.883. The van der Waals surface area contributed by atoms with Gasteiger partial charge in [0, 0.05) is 13.5 Å². The zero-order valence-electron chi connectivity index (χ0n) is 7.60. The normalized spacial score (nSPS) is 12.9. The molecule has 10 heavy (non-hydrogen) atoms. The van der Waals surface area contributed by atoms with Gasteiger partial charge < -0.3 is 5.32 Å². The molecule has 0 heterocycles. The van der Waals surface area contributed by atoms with E-state index in [0.717, 1.165) is 5.84 Å². The highest BCUT2D eigenvalue weighted by molar-refractivity contribution is 5.79. The van der Waals surface area contributed by atoms with Crippen LogP contribution < -0.4 is 5.32 Å². The molecule has 0 rings (SSSR count). The molecule has 0 unspecified atom stereocenters. The lowest BCUT2D eigenvalue weighted by Crippen LogP contribution is -2.28. The Labute approximate surface area is 65.2 Å². The molecule has 0 aliphatic heterocycles. The van der Waals surface area contributed by atoms with Gasteiger partial charge >= 0.3 is 0 Å². The Morgan fingerprint density at radius 2 is 1.80 bits per heavy atom. The van der Waals surface area contributed by atoms with Gasteiger partial charge in [0.2, 0.25) is 0 Å². The minimum Gasteiger partial charge on any atom is -0.372 e. The molecule has 0 spiro atoms. The van der Waals surface area contributed by atoms with Crippen LogP contribution in [0.2, 0.25) is 0 Å². The van der Waals surface area contributed by atoms with Crippen molar-refractivity contribution in [3.05, 3.63) is 0 Å². The van der Waals surface area contributed by atoms with Crippen molar-refractivity contribution in [2.45, 2.75) is 46.7 Å². The molecule has 0 aliphatic rings. The quantitative estimate of drug-likeness (QED) is 0.465. The van der Waals surface area contributed by atoms with Crippen LogP contribution in [0.3, 0.4) is 0 Å². The molecule has 2 heteroatoms. The average Bonchev–Trinajstić information content (AvgIpc) is 1.58. The van der Waals surface area contributed by atoms with E-state index in [1.165, 1.54) is 0 Å². The molecule has 0 fully saturated rings. The molecule has 0 saturated carbocycles. The van der Waals surface area contributed by atoms with E-state index < -0.39 is 0 Å².